The van der Waals surface area contributed by atoms with Crippen molar-refractivity contribution >= 4 is 29.4 Å². The third-order valence-corrected chi connectivity index (χ3v) is 5.32. The van der Waals surface area contributed by atoms with Crippen molar-refractivity contribution in [2.75, 3.05) is 6.61 Å². The minimum Gasteiger partial charge on any atom is -0.463 e. The van der Waals surface area contributed by atoms with Crippen LogP contribution in [0, 0.1) is 5.41 Å². The second-order valence-corrected chi connectivity index (χ2v) is 9.31. The van der Waals surface area contributed by atoms with Gasteiger partial charge in [0.15, 0.2) is 0 Å². The quantitative estimate of drug-likeness (QED) is 0.569. The average Bonchev–Trinajstić information content (AvgIpc) is 2.80. The summed E-state index contributed by atoms with van der Waals surface area (Å²) in [4.78, 5) is 26.5. The molecule has 4 nitrogen and oxygen atoms in total. The van der Waals surface area contributed by atoms with Gasteiger partial charge in [-0.1, -0.05) is 13.8 Å². The number of carbonyl (C=O) groups excluding carboxylic acids is 2. The molecule has 0 atom stereocenters. The lowest BCUT2D eigenvalue weighted by Crippen LogP contribution is -2.27. The normalized spacial score (nSPS) is 16.6. The van der Waals surface area contributed by atoms with Gasteiger partial charge in [-0.2, -0.15) is 0 Å². The Hall–Kier alpha value is -1.62. The molecule has 1 aliphatic rings. The molecule has 0 saturated heterocycles. The van der Waals surface area contributed by atoms with Crippen LogP contribution in [-0.4, -0.2) is 24.1 Å². The Kier molecular flexibility index (Phi) is 5.77. The molecule has 0 fully saturated rings. The van der Waals surface area contributed by atoms with Crippen molar-refractivity contribution < 1.29 is 19.1 Å². The van der Waals surface area contributed by atoms with Crippen LogP contribution in [0.1, 0.15) is 73.6 Å². The maximum Gasteiger partial charge on any atom is 0.340 e. The number of thiophene rings is 1. The van der Waals surface area contributed by atoms with Gasteiger partial charge in [0.1, 0.15) is 5.60 Å². The van der Waals surface area contributed by atoms with Crippen LogP contribution in [0.5, 0.6) is 0 Å². The summed E-state index contributed by atoms with van der Waals surface area (Å²) in [5.74, 6) is -0.712. The average molecular weight is 365 g/mol. The van der Waals surface area contributed by atoms with Crippen molar-refractivity contribution in [2.45, 2.75) is 66.4 Å². The second-order valence-electron chi connectivity index (χ2n) is 8.17. The van der Waals surface area contributed by atoms with E-state index in [1.165, 1.54) is 11.0 Å². The van der Waals surface area contributed by atoms with E-state index in [4.69, 9.17) is 9.47 Å². The summed E-state index contributed by atoms with van der Waals surface area (Å²) < 4.78 is 10.6. The van der Waals surface area contributed by atoms with Crippen LogP contribution in [0.2, 0.25) is 0 Å². The summed E-state index contributed by atoms with van der Waals surface area (Å²) >= 11 is 1.58. The molecule has 0 spiro atoms. The van der Waals surface area contributed by atoms with Crippen molar-refractivity contribution in [3.63, 3.8) is 0 Å². The Labute approximate surface area is 154 Å². The Morgan fingerprint density at radius 1 is 1.28 bits per heavy atom. The Bertz CT molecular complexity index is 689. The predicted octanol–water partition coefficient (Wildman–Crippen LogP) is 4.79. The first-order valence-electron chi connectivity index (χ1n) is 8.75. The van der Waals surface area contributed by atoms with Crippen LogP contribution in [0.25, 0.3) is 6.08 Å². The summed E-state index contributed by atoms with van der Waals surface area (Å²) in [6, 6.07) is 0. The molecule has 0 aromatic carbocycles. The fourth-order valence-electron chi connectivity index (χ4n) is 2.95. The molecule has 25 heavy (non-hydrogen) atoms. The van der Waals surface area contributed by atoms with E-state index in [2.05, 4.69) is 13.8 Å². The van der Waals surface area contributed by atoms with Gasteiger partial charge in [0.25, 0.3) is 0 Å². The molecule has 0 radical (unpaired) electrons. The third kappa shape index (κ3) is 5.18. The fraction of sp³-hybridized carbons (Fsp3) is 0.600. The lowest BCUT2D eigenvalue weighted by Gasteiger charge is -2.30. The third-order valence-electron chi connectivity index (χ3n) is 4.06. The number of carbonyl (C=O) groups is 2. The van der Waals surface area contributed by atoms with Gasteiger partial charge in [0.2, 0.25) is 0 Å². The van der Waals surface area contributed by atoms with E-state index < -0.39 is 11.6 Å². The van der Waals surface area contributed by atoms with E-state index in [1.807, 2.05) is 20.8 Å². The van der Waals surface area contributed by atoms with Crippen LogP contribution in [0.3, 0.4) is 0 Å². The van der Waals surface area contributed by atoms with Gasteiger partial charge in [0, 0.05) is 15.8 Å². The zero-order chi connectivity index (χ0) is 18.8. The first kappa shape index (κ1) is 19.7. The molecule has 1 aromatic heterocycles. The highest BCUT2D eigenvalue weighted by molar-refractivity contribution is 7.13. The fourth-order valence-corrected chi connectivity index (χ4v) is 4.16. The second kappa shape index (κ2) is 7.32. The molecule has 1 aromatic rings. The van der Waals surface area contributed by atoms with E-state index in [0.717, 1.165) is 29.7 Å². The highest BCUT2D eigenvalue weighted by Crippen LogP contribution is 2.42. The maximum absolute atomic E-state index is 12.8. The summed E-state index contributed by atoms with van der Waals surface area (Å²) in [6.07, 6.45) is 5.97. The molecule has 0 saturated carbocycles. The number of hydrogen-bond donors (Lipinski definition) is 0. The lowest BCUT2D eigenvalue weighted by atomic mass is 9.76. The molecule has 138 valence electrons. The number of aryl methyl sites for hydroxylation is 1. The standard InChI is InChI=1S/C20H28O4S/c1-7-23-16(21)9-8-15-17(18(22)24-19(2,3)4)13-12-20(5,6)11-10-14(13)25-15/h8-9H,7,10-12H2,1-6H3/b9-8+. The molecule has 5 heteroatoms. The Morgan fingerprint density at radius 3 is 2.56 bits per heavy atom. The zero-order valence-corrected chi connectivity index (χ0v) is 16.8. The number of hydrogen-bond acceptors (Lipinski definition) is 5. The number of fused-ring (bicyclic) bond motifs is 1. The maximum atomic E-state index is 12.8. The van der Waals surface area contributed by atoms with Crippen molar-refractivity contribution in [1.29, 1.82) is 0 Å². The smallest absolute Gasteiger partial charge is 0.340 e. The van der Waals surface area contributed by atoms with Crippen molar-refractivity contribution in [3.05, 3.63) is 27.0 Å². The molecular weight excluding hydrogens is 336 g/mol. The Morgan fingerprint density at radius 2 is 1.96 bits per heavy atom. The SMILES string of the molecule is CCOC(=O)/C=C/c1sc2c(c1C(=O)OC(C)(C)C)CC(C)(C)CC2. The minimum absolute atomic E-state index is 0.160. The number of ether oxygens (including phenoxy) is 2. The van der Waals surface area contributed by atoms with Crippen LogP contribution in [-0.2, 0) is 27.1 Å². The monoisotopic (exact) mass is 364 g/mol. The minimum atomic E-state index is -0.557. The largest absolute Gasteiger partial charge is 0.463 e. The first-order chi connectivity index (χ1) is 11.5. The van der Waals surface area contributed by atoms with Gasteiger partial charge in [-0.3, -0.25) is 0 Å². The molecule has 1 aliphatic carbocycles. The lowest BCUT2D eigenvalue weighted by molar-refractivity contribution is -0.137. The summed E-state index contributed by atoms with van der Waals surface area (Å²) in [5, 5.41) is 0. The molecular formula is C20H28O4S. The first-order valence-corrected chi connectivity index (χ1v) is 9.57. The van der Waals surface area contributed by atoms with Gasteiger partial charge < -0.3 is 9.47 Å². The van der Waals surface area contributed by atoms with Crippen molar-refractivity contribution in [1.82, 2.24) is 0 Å². The molecule has 0 unspecified atom stereocenters. The van der Waals surface area contributed by atoms with E-state index in [1.54, 1.807) is 24.3 Å². The molecule has 0 aliphatic heterocycles. The summed E-state index contributed by atoms with van der Waals surface area (Å²) in [5.41, 5.74) is 1.30. The van der Waals surface area contributed by atoms with Crippen LogP contribution >= 0.6 is 11.3 Å². The van der Waals surface area contributed by atoms with Gasteiger partial charge >= 0.3 is 11.9 Å². The summed E-state index contributed by atoms with van der Waals surface area (Å²) in [6.45, 7) is 12.1. The van der Waals surface area contributed by atoms with E-state index in [-0.39, 0.29) is 11.4 Å². The van der Waals surface area contributed by atoms with E-state index >= 15 is 0 Å². The van der Waals surface area contributed by atoms with Crippen molar-refractivity contribution in [3.8, 4) is 0 Å². The topological polar surface area (TPSA) is 52.6 Å². The predicted molar refractivity (Wildman–Crippen MR) is 101 cm³/mol. The van der Waals surface area contributed by atoms with Crippen molar-refractivity contribution in [2.24, 2.45) is 5.41 Å². The molecule has 0 N–H and O–H groups in total. The molecule has 0 amide bonds. The molecule has 0 bridgehead atoms. The number of rotatable bonds is 4. The van der Waals surface area contributed by atoms with Crippen LogP contribution < -0.4 is 0 Å². The van der Waals surface area contributed by atoms with Gasteiger partial charge in [0.05, 0.1) is 12.2 Å². The molecule has 2 rings (SSSR count). The number of esters is 2. The summed E-state index contributed by atoms with van der Waals surface area (Å²) in [7, 11) is 0. The zero-order valence-electron chi connectivity index (χ0n) is 16.0. The van der Waals surface area contributed by atoms with Gasteiger partial charge in [-0.05, 0) is 64.0 Å². The highest BCUT2D eigenvalue weighted by Gasteiger charge is 2.33. The van der Waals surface area contributed by atoms with Crippen LogP contribution in [0.4, 0.5) is 0 Å². The Balaban J connectivity index is 2.43. The molecule has 1 heterocycles. The van der Waals surface area contributed by atoms with Crippen LogP contribution in [0.15, 0.2) is 6.08 Å². The van der Waals surface area contributed by atoms with Gasteiger partial charge in [-0.25, -0.2) is 9.59 Å². The van der Waals surface area contributed by atoms with Gasteiger partial charge in [-0.15, -0.1) is 11.3 Å². The van der Waals surface area contributed by atoms with E-state index in [0.29, 0.717) is 12.2 Å². The van der Waals surface area contributed by atoms with E-state index in [9.17, 15) is 9.59 Å². The highest BCUT2D eigenvalue weighted by atomic mass is 32.1.